The minimum absolute atomic E-state index is 0.345. The van der Waals surface area contributed by atoms with E-state index in [1.165, 1.54) is 23.3 Å². The van der Waals surface area contributed by atoms with Crippen molar-refractivity contribution < 1.29 is 0 Å². The highest BCUT2D eigenvalue weighted by Crippen LogP contribution is 2.42. The van der Waals surface area contributed by atoms with Crippen LogP contribution in [0.2, 0.25) is 0 Å². The zero-order valence-corrected chi connectivity index (χ0v) is 12.8. The third-order valence-electron chi connectivity index (χ3n) is 3.57. The molecule has 102 valence electrons. The molecule has 19 heavy (non-hydrogen) atoms. The fourth-order valence-electron chi connectivity index (χ4n) is 2.43. The number of nitriles is 1. The zero-order valence-electron chi connectivity index (χ0n) is 11.9. The first-order valence-corrected chi connectivity index (χ1v) is 7.93. The predicted octanol–water partition coefficient (Wildman–Crippen LogP) is 3.76. The summed E-state index contributed by atoms with van der Waals surface area (Å²) in [6.45, 7) is 6.36. The van der Waals surface area contributed by atoms with Gasteiger partial charge in [0.05, 0.1) is 6.07 Å². The van der Waals surface area contributed by atoms with E-state index in [4.69, 9.17) is 0 Å². The van der Waals surface area contributed by atoms with E-state index in [1.807, 2.05) is 0 Å². The van der Waals surface area contributed by atoms with E-state index in [2.05, 4.69) is 56.4 Å². The first-order valence-electron chi connectivity index (χ1n) is 6.95. The largest absolute Gasteiger partial charge is 0.296 e. The lowest BCUT2D eigenvalue weighted by Gasteiger charge is -2.30. The van der Waals surface area contributed by atoms with Crippen LogP contribution in [0.15, 0.2) is 29.2 Å². The number of benzene rings is 1. The van der Waals surface area contributed by atoms with Crippen molar-refractivity contribution in [3.8, 4) is 6.07 Å². The summed E-state index contributed by atoms with van der Waals surface area (Å²) in [5.41, 5.74) is 0.931. The van der Waals surface area contributed by atoms with Crippen LogP contribution >= 0.6 is 11.8 Å². The molecule has 1 aliphatic carbocycles. The lowest BCUT2D eigenvalue weighted by molar-refractivity contribution is 0.370. The van der Waals surface area contributed by atoms with Gasteiger partial charge >= 0.3 is 0 Å². The molecule has 0 spiro atoms. The highest BCUT2D eigenvalue weighted by atomic mass is 32.2. The van der Waals surface area contributed by atoms with Crippen LogP contribution in [0.3, 0.4) is 0 Å². The van der Waals surface area contributed by atoms with E-state index in [1.54, 1.807) is 11.8 Å². The molecule has 2 rings (SSSR count). The maximum absolute atomic E-state index is 9.66. The average molecular weight is 274 g/mol. The molecule has 0 aliphatic heterocycles. The molecule has 0 amide bonds. The smallest absolute Gasteiger partial charge is 0.119 e. The second kappa shape index (κ2) is 5.98. The molecule has 0 bridgehead atoms. The van der Waals surface area contributed by atoms with Crippen LogP contribution in [0.1, 0.15) is 32.3 Å². The molecule has 0 aromatic heterocycles. The summed E-state index contributed by atoms with van der Waals surface area (Å²) in [5, 5.41) is 13.2. The Labute approximate surface area is 120 Å². The van der Waals surface area contributed by atoms with Crippen LogP contribution in [0.4, 0.5) is 0 Å². The van der Waals surface area contributed by atoms with Gasteiger partial charge in [-0.25, -0.2) is 0 Å². The molecule has 1 fully saturated rings. The highest BCUT2D eigenvalue weighted by Gasteiger charge is 2.45. The van der Waals surface area contributed by atoms with Crippen molar-refractivity contribution in [1.29, 1.82) is 5.26 Å². The van der Waals surface area contributed by atoms with Gasteiger partial charge in [0.2, 0.25) is 0 Å². The summed E-state index contributed by atoms with van der Waals surface area (Å²) in [4.78, 5) is 1.29. The maximum Gasteiger partial charge on any atom is 0.119 e. The Morgan fingerprint density at radius 1 is 1.42 bits per heavy atom. The van der Waals surface area contributed by atoms with Crippen molar-refractivity contribution in [2.45, 2.75) is 50.1 Å². The van der Waals surface area contributed by atoms with Crippen molar-refractivity contribution in [2.24, 2.45) is 5.92 Å². The summed E-state index contributed by atoms with van der Waals surface area (Å²) in [6, 6.07) is 11.3. The van der Waals surface area contributed by atoms with Crippen molar-refractivity contribution in [3.63, 3.8) is 0 Å². The summed E-state index contributed by atoms with van der Waals surface area (Å²) in [6.07, 6.45) is 2.36. The molecule has 3 heteroatoms. The van der Waals surface area contributed by atoms with E-state index in [9.17, 15) is 5.26 Å². The van der Waals surface area contributed by atoms with Gasteiger partial charge in [0, 0.05) is 16.7 Å². The Hall–Kier alpha value is -0.980. The monoisotopic (exact) mass is 274 g/mol. The molecule has 0 heterocycles. The number of nitrogens with zero attached hydrogens (tertiary/aromatic N) is 1. The zero-order chi connectivity index (χ0) is 13.9. The molecule has 1 aliphatic rings. The van der Waals surface area contributed by atoms with Crippen LogP contribution in [0.25, 0.3) is 0 Å². The van der Waals surface area contributed by atoms with Crippen LogP contribution in [-0.4, -0.2) is 17.3 Å². The molecule has 1 unspecified atom stereocenters. The van der Waals surface area contributed by atoms with E-state index >= 15 is 0 Å². The van der Waals surface area contributed by atoms with Gasteiger partial charge in [0.1, 0.15) is 5.54 Å². The van der Waals surface area contributed by atoms with Gasteiger partial charge in [0.15, 0.2) is 0 Å². The van der Waals surface area contributed by atoms with Gasteiger partial charge < -0.3 is 0 Å². The number of aryl methyl sites for hydroxylation is 1. The van der Waals surface area contributed by atoms with Gasteiger partial charge in [-0.2, -0.15) is 5.26 Å². The van der Waals surface area contributed by atoms with Crippen LogP contribution in [-0.2, 0) is 0 Å². The summed E-state index contributed by atoms with van der Waals surface area (Å²) in [5.74, 6) is 1.36. The molecular formula is C16H22N2S. The average Bonchev–Trinajstić information content (AvgIpc) is 3.20. The minimum atomic E-state index is -0.360. The van der Waals surface area contributed by atoms with Crippen LogP contribution < -0.4 is 5.32 Å². The lowest BCUT2D eigenvalue weighted by atomic mass is 9.96. The predicted molar refractivity (Wildman–Crippen MR) is 81.2 cm³/mol. The topological polar surface area (TPSA) is 35.8 Å². The molecule has 1 aromatic carbocycles. The second-order valence-electron chi connectivity index (χ2n) is 5.71. The number of thioether (sulfide) groups is 1. The first-order chi connectivity index (χ1) is 9.07. The molecule has 1 atom stereocenters. The third-order valence-corrected chi connectivity index (χ3v) is 4.94. The molecule has 1 aromatic rings. The SMILES string of the molecule is Cc1ccccc1SCC(C#N)(NC(C)C)C1CC1. The molecule has 1 saturated carbocycles. The van der Waals surface area contributed by atoms with E-state index in [0.29, 0.717) is 12.0 Å². The van der Waals surface area contributed by atoms with Crippen LogP contribution in [0, 0.1) is 24.2 Å². The van der Waals surface area contributed by atoms with Crippen molar-refractivity contribution >= 4 is 11.8 Å². The molecule has 1 N–H and O–H groups in total. The molecule has 2 nitrogen and oxygen atoms in total. The molecular weight excluding hydrogens is 252 g/mol. The van der Waals surface area contributed by atoms with E-state index in [-0.39, 0.29) is 5.54 Å². The van der Waals surface area contributed by atoms with Crippen molar-refractivity contribution in [1.82, 2.24) is 5.32 Å². The van der Waals surface area contributed by atoms with Gasteiger partial charge in [-0.05, 0) is 51.2 Å². The van der Waals surface area contributed by atoms with Crippen molar-refractivity contribution in [3.05, 3.63) is 29.8 Å². The Morgan fingerprint density at radius 3 is 2.63 bits per heavy atom. The Kier molecular flexibility index (Phi) is 4.54. The maximum atomic E-state index is 9.66. The first kappa shape index (κ1) is 14.4. The van der Waals surface area contributed by atoms with E-state index in [0.717, 1.165) is 5.75 Å². The summed E-state index contributed by atoms with van der Waals surface area (Å²) in [7, 11) is 0. The normalized spacial score (nSPS) is 18.1. The fourth-order valence-corrected chi connectivity index (χ4v) is 3.67. The number of rotatable bonds is 6. The van der Waals surface area contributed by atoms with Gasteiger partial charge in [-0.15, -0.1) is 11.8 Å². The van der Waals surface area contributed by atoms with Gasteiger partial charge in [0.25, 0.3) is 0 Å². The second-order valence-corrected chi connectivity index (χ2v) is 6.73. The Morgan fingerprint density at radius 2 is 2.11 bits per heavy atom. The number of hydrogen-bond acceptors (Lipinski definition) is 3. The Balaban J connectivity index is 2.09. The van der Waals surface area contributed by atoms with Crippen molar-refractivity contribution in [2.75, 3.05) is 5.75 Å². The van der Waals surface area contributed by atoms with E-state index < -0.39 is 0 Å². The third kappa shape index (κ3) is 3.52. The quantitative estimate of drug-likeness (QED) is 0.802. The standard InChI is InChI=1S/C16H22N2S/c1-12(2)18-16(10-17,14-8-9-14)11-19-15-7-5-4-6-13(15)3/h4-7,12,14,18H,8-9,11H2,1-3H3. The number of hydrogen-bond donors (Lipinski definition) is 1. The molecule has 0 saturated heterocycles. The van der Waals surface area contributed by atoms with Crippen LogP contribution in [0.5, 0.6) is 0 Å². The summed E-state index contributed by atoms with van der Waals surface area (Å²) >= 11 is 1.80. The number of nitrogens with one attached hydrogen (secondary N) is 1. The lowest BCUT2D eigenvalue weighted by Crippen LogP contribution is -2.51. The fraction of sp³-hybridized carbons (Fsp3) is 0.562. The minimum Gasteiger partial charge on any atom is -0.296 e. The highest BCUT2D eigenvalue weighted by molar-refractivity contribution is 7.99. The van der Waals surface area contributed by atoms with Gasteiger partial charge in [-0.1, -0.05) is 18.2 Å². The molecule has 0 radical (unpaired) electrons. The van der Waals surface area contributed by atoms with Gasteiger partial charge in [-0.3, -0.25) is 5.32 Å². The Bertz CT molecular complexity index is 474. The summed E-state index contributed by atoms with van der Waals surface area (Å²) < 4.78 is 0.